The molecule has 0 radical (unpaired) electrons. The monoisotopic (exact) mass is 689 g/mol. The van der Waals surface area contributed by atoms with Gasteiger partial charge in [0.05, 0.1) is 6.61 Å². The first-order valence-corrected chi connectivity index (χ1v) is 16.7. The van der Waals surface area contributed by atoms with Gasteiger partial charge in [-0.25, -0.2) is 9.59 Å². The summed E-state index contributed by atoms with van der Waals surface area (Å²) in [5, 5.41) is 25.6. The Kier molecular flexibility index (Phi) is 13.6. The number of aromatic hydroxyl groups is 1. The van der Waals surface area contributed by atoms with Crippen molar-refractivity contribution in [2.75, 3.05) is 13.2 Å². The van der Waals surface area contributed by atoms with Gasteiger partial charge in [-0.1, -0.05) is 66.2 Å². The SMILES string of the molecule is Cc1ccc(C)c(C(C(=O)NC(Cc2ccccc2)C(=O)OC(C)(C)C)N(CCO)C(=O)C(Cc2ccc(O)cc2)NC(=O)OC(C)(C)C)c1. The van der Waals surface area contributed by atoms with Crippen LogP contribution in [0, 0.1) is 13.8 Å². The van der Waals surface area contributed by atoms with Gasteiger partial charge in [0.1, 0.15) is 35.1 Å². The lowest BCUT2D eigenvalue weighted by atomic mass is 9.95. The van der Waals surface area contributed by atoms with Crippen molar-refractivity contribution in [2.45, 2.75) is 97.6 Å². The Morgan fingerprint density at radius 3 is 1.92 bits per heavy atom. The van der Waals surface area contributed by atoms with Crippen molar-refractivity contribution in [3.63, 3.8) is 0 Å². The molecule has 0 aromatic heterocycles. The van der Waals surface area contributed by atoms with Gasteiger partial charge in [-0.15, -0.1) is 0 Å². The second kappa shape index (κ2) is 17.2. The minimum Gasteiger partial charge on any atom is -0.508 e. The standard InChI is InChI=1S/C39H51N3O8/c1-25-14-15-26(2)30(22-25)33(34(45)40-32(36(47)49-38(3,4)5)24-27-12-10-9-11-13-27)42(20-21-43)35(46)31(41-37(48)50-39(6,7)8)23-28-16-18-29(44)19-17-28/h9-19,22,31-33,43-44H,20-21,23-24H2,1-8H3,(H,40,45)(H,41,48). The zero-order valence-corrected chi connectivity index (χ0v) is 30.3. The molecular formula is C39H51N3O8. The van der Waals surface area contributed by atoms with Crippen LogP contribution >= 0.6 is 0 Å². The van der Waals surface area contributed by atoms with Crippen LogP contribution in [-0.4, -0.2) is 75.4 Å². The first-order chi connectivity index (χ1) is 23.4. The molecule has 3 aromatic rings. The third kappa shape index (κ3) is 12.2. The molecule has 11 heteroatoms. The van der Waals surface area contributed by atoms with Crippen molar-refractivity contribution < 1.29 is 38.9 Å². The number of hydrogen-bond donors (Lipinski definition) is 4. The number of phenols is 1. The third-order valence-corrected chi connectivity index (χ3v) is 7.57. The van der Waals surface area contributed by atoms with Gasteiger partial charge in [0.25, 0.3) is 0 Å². The maximum Gasteiger partial charge on any atom is 0.408 e. The van der Waals surface area contributed by atoms with Crippen LogP contribution in [-0.2, 0) is 36.7 Å². The Labute approximate surface area is 295 Å². The van der Waals surface area contributed by atoms with Crippen molar-refractivity contribution in [3.8, 4) is 5.75 Å². The van der Waals surface area contributed by atoms with Crippen molar-refractivity contribution in [3.05, 3.63) is 101 Å². The number of aliphatic hydroxyl groups excluding tert-OH is 1. The molecule has 270 valence electrons. The molecule has 0 heterocycles. The van der Waals surface area contributed by atoms with Gasteiger partial charge in [0, 0.05) is 19.4 Å². The van der Waals surface area contributed by atoms with E-state index in [1.807, 2.05) is 49.4 Å². The predicted molar refractivity (Wildman–Crippen MR) is 190 cm³/mol. The van der Waals surface area contributed by atoms with Crippen LogP contribution in [0.5, 0.6) is 5.75 Å². The van der Waals surface area contributed by atoms with E-state index in [4.69, 9.17) is 9.47 Å². The maximum atomic E-state index is 14.6. The van der Waals surface area contributed by atoms with Gasteiger partial charge >= 0.3 is 12.1 Å². The fourth-order valence-electron chi connectivity index (χ4n) is 5.36. The third-order valence-electron chi connectivity index (χ3n) is 7.57. The van der Waals surface area contributed by atoms with Crippen LogP contribution in [0.25, 0.3) is 0 Å². The molecule has 11 nitrogen and oxygen atoms in total. The van der Waals surface area contributed by atoms with E-state index in [0.29, 0.717) is 16.7 Å². The van der Waals surface area contributed by atoms with Crippen LogP contribution in [0.1, 0.15) is 75.4 Å². The van der Waals surface area contributed by atoms with E-state index >= 15 is 0 Å². The van der Waals surface area contributed by atoms with Crippen molar-refractivity contribution in [2.24, 2.45) is 0 Å². The topological polar surface area (TPSA) is 154 Å². The molecule has 0 spiro atoms. The summed E-state index contributed by atoms with van der Waals surface area (Å²) >= 11 is 0. The molecule has 3 rings (SSSR count). The van der Waals surface area contributed by atoms with Crippen LogP contribution in [0.3, 0.4) is 0 Å². The average Bonchev–Trinajstić information content (AvgIpc) is 3.01. The average molecular weight is 690 g/mol. The van der Waals surface area contributed by atoms with E-state index in [0.717, 1.165) is 11.1 Å². The van der Waals surface area contributed by atoms with Gasteiger partial charge in [-0.05, 0) is 89.8 Å². The fraction of sp³-hybridized carbons (Fsp3) is 0.436. The Morgan fingerprint density at radius 2 is 1.34 bits per heavy atom. The fourth-order valence-corrected chi connectivity index (χ4v) is 5.36. The van der Waals surface area contributed by atoms with Crippen molar-refractivity contribution >= 4 is 23.9 Å². The minimum absolute atomic E-state index is 0.0179. The summed E-state index contributed by atoms with van der Waals surface area (Å²) < 4.78 is 11.2. The molecule has 0 aliphatic carbocycles. The number of amides is 3. The van der Waals surface area contributed by atoms with Gasteiger partial charge in [-0.2, -0.15) is 0 Å². The number of rotatable bonds is 13. The number of nitrogens with one attached hydrogen (secondary N) is 2. The highest BCUT2D eigenvalue weighted by atomic mass is 16.6. The first-order valence-electron chi connectivity index (χ1n) is 16.7. The molecule has 3 amide bonds. The van der Waals surface area contributed by atoms with Crippen LogP contribution < -0.4 is 10.6 Å². The molecule has 4 N–H and O–H groups in total. The molecule has 3 unspecified atom stereocenters. The van der Waals surface area contributed by atoms with Gasteiger partial charge in [0.15, 0.2) is 0 Å². The lowest BCUT2D eigenvalue weighted by Gasteiger charge is -2.35. The second-order valence-electron chi connectivity index (χ2n) is 14.4. The quantitative estimate of drug-likeness (QED) is 0.181. The zero-order chi connectivity index (χ0) is 37.2. The van der Waals surface area contributed by atoms with Crippen molar-refractivity contribution in [1.82, 2.24) is 15.5 Å². The molecule has 0 aliphatic rings. The summed E-state index contributed by atoms with van der Waals surface area (Å²) in [5.74, 6) is -1.96. The van der Waals surface area contributed by atoms with E-state index in [-0.39, 0.29) is 25.1 Å². The summed E-state index contributed by atoms with van der Waals surface area (Å²) in [4.78, 5) is 57.0. The molecule has 3 atom stereocenters. The number of phenolic OH excluding ortho intramolecular Hbond substituents is 1. The molecule has 0 fully saturated rings. The van der Waals surface area contributed by atoms with Crippen molar-refractivity contribution in [1.29, 1.82) is 0 Å². The van der Waals surface area contributed by atoms with Gasteiger partial charge < -0.3 is 35.2 Å². The molecule has 0 saturated carbocycles. The number of hydrogen-bond acceptors (Lipinski definition) is 8. The molecule has 50 heavy (non-hydrogen) atoms. The number of aliphatic hydroxyl groups is 1. The molecular weight excluding hydrogens is 638 g/mol. The molecule has 0 bridgehead atoms. The summed E-state index contributed by atoms with van der Waals surface area (Å²) in [6.07, 6.45) is -0.742. The van der Waals surface area contributed by atoms with Gasteiger partial charge in [-0.3, -0.25) is 9.59 Å². The predicted octanol–water partition coefficient (Wildman–Crippen LogP) is 5.08. The summed E-state index contributed by atoms with van der Waals surface area (Å²) in [6.45, 7) is 13.2. The molecule has 3 aromatic carbocycles. The smallest absolute Gasteiger partial charge is 0.408 e. The summed E-state index contributed by atoms with van der Waals surface area (Å²) in [7, 11) is 0. The second-order valence-corrected chi connectivity index (χ2v) is 14.4. The summed E-state index contributed by atoms with van der Waals surface area (Å²) in [6, 6.07) is 17.2. The number of nitrogens with zero attached hydrogens (tertiary/aromatic N) is 1. The number of alkyl carbamates (subject to hydrolysis) is 1. The number of carbonyl (C=O) groups excluding carboxylic acids is 4. The highest BCUT2D eigenvalue weighted by Crippen LogP contribution is 2.28. The minimum atomic E-state index is -1.32. The number of carbonyl (C=O) groups is 4. The Bertz CT molecular complexity index is 1610. The summed E-state index contributed by atoms with van der Waals surface area (Å²) in [5.41, 5.74) is 1.69. The molecule has 0 aliphatic heterocycles. The van der Waals surface area contributed by atoms with Crippen LogP contribution in [0.15, 0.2) is 72.8 Å². The Morgan fingerprint density at radius 1 is 0.760 bits per heavy atom. The van der Waals surface area contributed by atoms with E-state index in [9.17, 15) is 29.4 Å². The van der Waals surface area contributed by atoms with Crippen LogP contribution in [0.2, 0.25) is 0 Å². The van der Waals surface area contributed by atoms with E-state index in [2.05, 4.69) is 10.6 Å². The van der Waals surface area contributed by atoms with Crippen LogP contribution in [0.4, 0.5) is 4.79 Å². The van der Waals surface area contributed by atoms with E-state index in [1.165, 1.54) is 17.0 Å². The Hall–Kier alpha value is -4.90. The largest absolute Gasteiger partial charge is 0.508 e. The zero-order valence-electron chi connectivity index (χ0n) is 30.3. The first kappa shape index (κ1) is 39.5. The highest BCUT2D eigenvalue weighted by Gasteiger charge is 2.39. The van der Waals surface area contributed by atoms with E-state index in [1.54, 1.807) is 66.7 Å². The Balaban J connectivity index is 2.12. The van der Waals surface area contributed by atoms with E-state index < -0.39 is 59.8 Å². The number of ether oxygens (including phenoxy) is 2. The lowest BCUT2D eigenvalue weighted by Crippen LogP contribution is -2.56. The number of aryl methyl sites for hydroxylation is 2. The number of esters is 1. The maximum absolute atomic E-state index is 14.6. The molecule has 0 saturated heterocycles. The highest BCUT2D eigenvalue weighted by molar-refractivity contribution is 5.94. The lowest BCUT2D eigenvalue weighted by molar-refractivity contribution is -0.159. The number of benzene rings is 3. The van der Waals surface area contributed by atoms with Gasteiger partial charge in [0.2, 0.25) is 11.8 Å². The normalized spacial score (nSPS) is 13.4.